The lowest BCUT2D eigenvalue weighted by Gasteiger charge is -2.16. The predicted octanol–water partition coefficient (Wildman–Crippen LogP) is 2.04. The zero-order chi connectivity index (χ0) is 11.2. The van der Waals surface area contributed by atoms with Crippen LogP contribution in [0.25, 0.3) is 0 Å². The van der Waals surface area contributed by atoms with E-state index in [0.717, 1.165) is 12.8 Å². The number of alkyl halides is 3. The molecule has 0 aromatic heterocycles. The molecule has 0 heterocycles. The van der Waals surface area contributed by atoms with Crippen molar-refractivity contribution in [1.29, 1.82) is 0 Å². The van der Waals surface area contributed by atoms with E-state index in [9.17, 15) is 13.2 Å². The molecule has 2 nitrogen and oxygen atoms in total. The molecule has 0 aliphatic rings. The summed E-state index contributed by atoms with van der Waals surface area (Å²) < 4.78 is 35.7. The maximum Gasteiger partial charge on any atom is 0.390 e. The van der Waals surface area contributed by atoms with E-state index in [0.29, 0.717) is 6.54 Å². The van der Waals surface area contributed by atoms with Crippen LogP contribution in [-0.4, -0.2) is 24.8 Å². The first kappa shape index (κ1) is 13.7. The fraction of sp³-hybridized carbons (Fsp3) is 1.00. The number of nitrogens with one attached hydrogen (secondary N) is 1. The van der Waals surface area contributed by atoms with Gasteiger partial charge in [0.2, 0.25) is 0 Å². The summed E-state index contributed by atoms with van der Waals surface area (Å²) in [4.78, 5) is 0. The number of rotatable bonds is 6. The van der Waals surface area contributed by atoms with Crippen molar-refractivity contribution >= 4 is 0 Å². The average Bonchev–Trinajstić information content (AvgIpc) is 2.00. The molecule has 0 aliphatic heterocycles. The smallest absolute Gasteiger partial charge is 0.328 e. The maximum atomic E-state index is 11.9. The van der Waals surface area contributed by atoms with Gasteiger partial charge < -0.3 is 11.1 Å². The Bertz CT molecular complexity index is 147. The summed E-state index contributed by atoms with van der Waals surface area (Å²) in [7, 11) is 0. The van der Waals surface area contributed by atoms with Crippen molar-refractivity contribution < 1.29 is 13.2 Å². The third kappa shape index (κ3) is 8.31. The van der Waals surface area contributed by atoms with Crippen molar-refractivity contribution in [3.05, 3.63) is 0 Å². The molecule has 0 aliphatic carbocycles. The van der Waals surface area contributed by atoms with Gasteiger partial charge in [0.25, 0.3) is 0 Å². The van der Waals surface area contributed by atoms with E-state index in [1.807, 2.05) is 6.92 Å². The van der Waals surface area contributed by atoms with Crippen molar-refractivity contribution in [2.24, 2.45) is 5.73 Å². The van der Waals surface area contributed by atoms with E-state index in [-0.39, 0.29) is 6.04 Å². The first-order valence-electron chi connectivity index (χ1n) is 4.91. The van der Waals surface area contributed by atoms with Gasteiger partial charge in [0.05, 0.1) is 6.42 Å². The minimum atomic E-state index is -4.08. The van der Waals surface area contributed by atoms with E-state index in [1.54, 1.807) is 0 Å². The summed E-state index contributed by atoms with van der Waals surface area (Å²) in [5, 5.41) is 2.80. The monoisotopic (exact) mass is 212 g/mol. The van der Waals surface area contributed by atoms with Gasteiger partial charge in [0, 0.05) is 12.1 Å². The Balaban J connectivity index is 3.50. The van der Waals surface area contributed by atoms with Gasteiger partial charge in [0.1, 0.15) is 0 Å². The van der Waals surface area contributed by atoms with E-state index in [1.165, 1.54) is 6.92 Å². The lowest BCUT2D eigenvalue weighted by atomic mass is 10.1. The largest absolute Gasteiger partial charge is 0.390 e. The average molecular weight is 212 g/mol. The highest BCUT2D eigenvalue weighted by Crippen LogP contribution is 2.21. The van der Waals surface area contributed by atoms with E-state index >= 15 is 0 Å². The van der Waals surface area contributed by atoms with E-state index < -0.39 is 18.6 Å². The molecule has 2 unspecified atom stereocenters. The molecule has 0 bridgehead atoms. The van der Waals surface area contributed by atoms with Gasteiger partial charge in [0.15, 0.2) is 0 Å². The van der Waals surface area contributed by atoms with Crippen LogP contribution in [0.15, 0.2) is 0 Å². The second-order valence-corrected chi connectivity index (χ2v) is 3.63. The highest BCUT2D eigenvalue weighted by atomic mass is 19.4. The zero-order valence-electron chi connectivity index (χ0n) is 8.69. The number of halogens is 3. The Labute approximate surface area is 83.0 Å². The first-order chi connectivity index (χ1) is 6.35. The van der Waals surface area contributed by atoms with Gasteiger partial charge in [-0.3, -0.25) is 0 Å². The molecular formula is C9H19F3N2. The number of hydrogen-bond acceptors (Lipinski definition) is 2. The molecule has 86 valence electrons. The molecule has 0 saturated carbocycles. The Morgan fingerprint density at radius 3 is 2.36 bits per heavy atom. The Hall–Kier alpha value is -0.290. The van der Waals surface area contributed by atoms with E-state index in [2.05, 4.69) is 5.32 Å². The molecule has 5 heteroatoms. The van der Waals surface area contributed by atoms with E-state index in [4.69, 9.17) is 5.73 Å². The third-order valence-electron chi connectivity index (χ3n) is 2.07. The van der Waals surface area contributed by atoms with Crippen molar-refractivity contribution in [2.45, 2.75) is 51.4 Å². The molecule has 3 N–H and O–H groups in total. The van der Waals surface area contributed by atoms with Crippen molar-refractivity contribution in [2.75, 3.05) is 6.54 Å². The van der Waals surface area contributed by atoms with Gasteiger partial charge in [-0.2, -0.15) is 13.2 Å². The zero-order valence-corrected chi connectivity index (χ0v) is 8.69. The molecule has 0 fully saturated rings. The van der Waals surface area contributed by atoms with Gasteiger partial charge in [-0.15, -0.1) is 0 Å². The highest BCUT2D eigenvalue weighted by Gasteiger charge is 2.29. The summed E-state index contributed by atoms with van der Waals surface area (Å²) in [6.07, 6.45) is -3.29. The standard InChI is InChI=1S/C9H19F3N2/c1-3-8(13)4-5-14-7(2)6-9(10,11)12/h7-8,14H,3-6,13H2,1-2H3. The van der Waals surface area contributed by atoms with Crippen LogP contribution in [0.3, 0.4) is 0 Å². The van der Waals surface area contributed by atoms with Crippen LogP contribution in [0, 0.1) is 0 Å². The van der Waals surface area contributed by atoms with Crippen LogP contribution in [0.2, 0.25) is 0 Å². The summed E-state index contributed by atoms with van der Waals surface area (Å²) in [5.74, 6) is 0. The SMILES string of the molecule is CCC(N)CCNC(C)CC(F)(F)F. The normalized spacial score (nSPS) is 16.7. The van der Waals surface area contributed by atoms with Crippen LogP contribution in [-0.2, 0) is 0 Å². The van der Waals surface area contributed by atoms with Crippen molar-refractivity contribution in [3.8, 4) is 0 Å². The van der Waals surface area contributed by atoms with Gasteiger partial charge in [-0.05, 0) is 26.3 Å². The second-order valence-electron chi connectivity index (χ2n) is 3.63. The minimum absolute atomic E-state index is 0.0839. The summed E-state index contributed by atoms with van der Waals surface area (Å²) in [5.41, 5.74) is 5.62. The molecule has 0 spiro atoms. The molecule has 0 aromatic rings. The third-order valence-corrected chi connectivity index (χ3v) is 2.07. The fourth-order valence-electron chi connectivity index (χ4n) is 1.14. The van der Waals surface area contributed by atoms with Crippen LogP contribution in [0.4, 0.5) is 13.2 Å². The highest BCUT2D eigenvalue weighted by molar-refractivity contribution is 4.67. The summed E-state index contributed by atoms with van der Waals surface area (Å²) >= 11 is 0. The summed E-state index contributed by atoms with van der Waals surface area (Å²) in [6.45, 7) is 4.04. The fourth-order valence-corrected chi connectivity index (χ4v) is 1.14. The quantitative estimate of drug-likeness (QED) is 0.707. The molecule has 0 radical (unpaired) electrons. The first-order valence-corrected chi connectivity index (χ1v) is 4.91. The van der Waals surface area contributed by atoms with Crippen LogP contribution in [0.1, 0.15) is 33.1 Å². The van der Waals surface area contributed by atoms with Gasteiger partial charge in [-0.1, -0.05) is 6.92 Å². The topological polar surface area (TPSA) is 38.0 Å². The predicted molar refractivity (Wildman–Crippen MR) is 51.0 cm³/mol. The minimum Gasteiger partial charge on any atom is -0.328 e. The lowest BCUT2D eigenvalue weighted by molar-refractivity contribution is -0.139. The molecule has 14 heavy (non-hydrogen) atoms. The molecule has 0 aromatic carbocycles. The molecule has 2 atom stereocenters. The molecule has 0 rings (SSSR count). The molecule has 0 saturated heterocycles. The van der Waals surface area contributed by atoms with Crippen LogP contribution < -0.4 is 11.1 Å². The molecule has 0 amide bonds. The Morgan fingerprint density at radius 1 is 1.36 bits per heavy atom. The molecular weight excluding hydrogens is 193 g/mol. The lowest BCUT2D eigenvalue weighted by Crippen LogP contribution is -2.34. The number of hydrogen-bond donors (Lipinski definition) is 2. The van der Waals surface area contributed by atoms with Crippen molar-refractivity contribution in [3.63, 3.8) is 0 Å². The maximum absolute atomic E-state index is 11.9. The number of nitrogens with two attached hydrogens (primary N) is 1. The van der Waals surface area contributed by atoms with Gasteiger partial charge in [-0.25, -0.2) is 0 Å². The Kier molecular flexibility index (Phi) is 6.11. The summed E-state index contributed by atoms with van der Waals surface area (Å²) in [6, 6.07) is -0.445. The van der Waals surface area contributed by atoms with Crippen LogP contribution >= 0.6 is 0 Å². The second kappa shape index (κ2) is 6.24. The Morgan fingerprint density at radius 2 is 1.93 bits per heavy atom. The van der Waals surface area contributed by atoms with Crippen molar-refractivity contribution in [1.82, 2.24) is 5.32 Å². The van der Waals surface area contributed by atoms with Gasteiger partial charge >= 0.3 is 6.18 Å². The van der Waals surface area contributed by atoms with Crippen LogP contribution in [0.5, 0.6) is 0 Å².